The summed E-state index contributed by atoms with van der Waals surface area (Å²) in [7, 11) is 0. The molecule has 3 nitrogen and oxygen atoms in total. The van der Waals surface area contributed by atoms with E-state index in [9.17, 15) is 4.79 Å². The smallest absolute Gasteiger partial charge is 0.265 e. The van der Waals surface area contributed by atoms with Crippen molar-refractivity contribution in [3.05, 3.63) is 53.6 Å². The average molecular weight is 350 g/mol. The van der Waals surface area contributed by atoms with Gasteiger partial charge in [-0.2, -0.15) is 0 Å². The largest absolute Gasteiger partial charge is 0.481 e. The lowest BCUT2D eigenvalue weighted by Crippen LogP contribution is -2.32. The van der Waals surface area contributed by atoms with Crippen molar-refractivity contribution in [1.82, 2.24) is 0 Å². The fourth-order valence-electron chi connectivity index (χ4n) is 2.09. The van der Waals surface area contributed by atoms with Crippen molar-refractivity contribution in [1.29, 1.82) is 0 Å². The van der Waals surface area contributed by atoms with Crippen LogP contribution in [0.2, 0.25) is 5.02 Å². The summed E-state index contributed by atoms with van der Waals surface area (Å²) in [6.07, 6.45) is 0.00897. The highest BCUT2D eigenvalue weighted by Crippen LogP contribution is 2.27. The van der Waals surface area contributed by atoms with E-state index in [0.717, 1.165) is 16.3 Å². The molecule has 0 spiro atoms. The van der Waals surface area contributed by atoms with Gasteiger partial charge in [-0.25, -0.2) is 0 Å². The first-order valence-corrected chi connectivity index (χ1v) is 8.95. The standard InChI is InChI=1S/C18H20ClNO2S/c1-3-16(22-14-9-7-8-13(19)12-14)18(21)20-15-10-5-6-11-17(15)23-4-2/h5-12,16H,3-4H2,1-2H3,(H,20,21)/t16-/m1/s1. The van der Waals surface area contributed by atoms with Crippen molar-refractivity contribution in [3.63, 3.8) is 0 Å². The van der Waals surface area contributed by atoms with Crippen molar-refractivity contribution >= 4 is 35.0 Å². The van der Waals surface area contributed by atoms with E-state index in [-0.39, 0.29) is 5.91 Å². The first-order chi connectivity index (χ1) is 11.1. The number of carbonyl (C=O) groups excluding carboxylic acids is 1. The summed E-state index contributed by atoms with van der Waals surface area (Å²) in [5.41, 5.74) is 0.817. The summed E-state index contributed by atoms with van der Waals surface area (Å²) < 4.78 is 5.78. The molecule has 0 heterocycles. The summed E-state index contributed by atoms with van der Waals surface area (Å²) in [4.78, 5) is 13.6. The Kier molecular flexibility index (Phi) is 6.81. The number of hydrogen-bond donors (Lipinski definition) is 1. The zero-order chi connectivity index (χ0) is 16.7. The van der Waals surface area contributed by atoms with Crippen LogP contribution in [0.1, 0.15) is 20.3 Å². The second kappa shape index (κ2) is 8.85. The number of rotatable bonds is 7. The SMILES string of the molecule is CCSc1ccccc1NC(=O)[C@@H](CC)Oc1cccc(Cl)c1. The normalized spacial score (nSPS) is 11.8. The Hall–Kier alpha value is -1.65. The van der Waals surface area contributed by atoms with E-state index in [0.29, 0.717) is 17.2 Å². The number of ether oxygens (including phenoxy) is 1. The van der Waals surface area contributed by atoms with Crippen LogP contribution >= 0.6 is 23.4 Å². The van der Waals surface area contributed by atoms with Crippen molar-refractivity contribution < 1.29 is 9.53 Å². The van der Waals surface area contributed by atoms with E-state index in [1.165, 1.54) is 0 Å². The van der Waals surface area contributed by atoms with Gasteiger partial charge in [-0.15, -0.1) is 11.8 Å². The van der Waals surface area contributed by atoms with Crippen LogP contribution in [0.25, 0.3) is 0 Å². The molecule has 23 heavy (non-hydrogen) atoms. The maximum absolute atomic E-state index is 12.5. The van der Waals surface area contributed by atoms with Gasteiger partial charge in [-0.1, -0.05) is 43.6 Å². The van der Waals surface area contributed by atoms with Crippen LogP contribution in [0.3, 0.4) is 0 Å². The Morgan fingerprint density at radius 3 is 2.70 bits per heavy atom. The molecule has 2 aromatic carbocycles. The van der Waals surface area contributed by atoms with E-state index in [4.69, 9.17) is 16.3 Å². The average Bonchev–Trinajstić information content (AvgIpc) is 2.54. The Bertz CT molecular complexity index is 663. The van der Waals surface area contributed by atoms with Gasteiger partial charge < -0.3 is 10.1 Å². The Labute approximate surface area is 146 Å². The molecule has 0 saturated carbocycles. The lowest BCUT2D eigenvalue weighted by molar-refractivity contribution is -0.122. The van der Waals surface area contributed by atoms with Crippen molar-refractivity contribution in [2.45, 2.75) is 31.3 Å². The highest BCUT2D eigenvalue weighted by atomic mass is 35.5. The third kappa shape index (κ3) is 5.19. The molecule has 0 saturated heterocycles. The van der Waals surface area contributed by atoms with Gasteiger partial charge in [0.25, 0.3) is 5.91 Å². The first-order valence-electron chi connectivity index (χ1n) is 7.59. The van der Waals surface area contributed by atoms with Gasteiger partial charge in [-0.3, -0.25) is 4.79 Å². The topological polar surface area (TPSA) is 38.3 Å². The number of para-hydroxylation sites is 1. The Morgan fingerprint density at radius 2 is 2.00 bits per heavy atom. The maximum atomic E-state index is 12.5. The number of hydrogen-bond acceptors (Lipinski definition) is 3. The molecule has 122 valence electrons. The lowest BCUT2D eigenvalue weighted by atomic mass is 10.2. The highest BCUT2D eigenvalue weighted by Gasteiger charge is 2.19. The number of thioether (sulfide) groups is 1. The van der Waals surface area contributed by atoms with Crippen molar-refractivity contribution in [2.75, 3.05) is 11.1 Å². The minimum absolute atomic E-state index is 0.156. The minimum Gasteiger partial charge on any atom is -0.481 e. The molecule has 0 unspecified atom stereocenters. The van der Waals surface area contributed by atoms with Crippen LogP contribution in [-0.4, -0.2) is 17.8 Å². The van der Waals surface area contributed by atoms with E-state index in [1.54, 1.807) is 36.0 Å². The number of benzene rings is 2. The fraction of sp³-hybridized carbons (Fsp3) is 0.278. The third-order valence-corrected chi connectivity index (χ3v) is 4.37. The highest BCUT2D eigenvalue weighted by molar-refractivity contribution is 7.99. The molecule has 0 radical (unpaired) electrons. The quantitative estimate of drug-likeness (QED) is 0.694. The lowest BCUT2D eigenvalue weighted by Gasteiger charge is -2.18. The molecule has 0 aliphatic heterocycles. The van der Waals surface area contributed by atoms with Gasteiger partial charge in [-0.05, 0) is 42.5 Å². The summed E-state index contributed by atoms with van der Waals surface area (Å²) in [6.45, 7) is 4.00. The molecule has 2 rings (SSSR count). The molecule has 2 aromatic rings. The molecular weight excluding hydrogens is 330 g/mol. The van der Waals surface area contributed by atoms with Gasteiger partial charge in [0.15, 0.2) is 6.10 Å². The van der Waals surface area contributed by atoms with Gasteiger partial charge in [0, 0.05) is 9.92 Å². The van der Waals surface area contributed by atoms with Crippen LogP contribution in [0.4, 0.5) is 5.69 Å². The molecule has 0 aliphatic rings. The van der Waals surface area contributed by atoms with E-state index in [2.05, 4.69) is 12.2 Å². The van der Waals surface area contributed by atoms with Crippen LogP contribution in [0.15, 0.2) is 53.4 Å². The van der Waals surface area contributed by atoms with E-state index < -0.39 is 6.10 Å². The molecular formula is C18H20ClNO2S. The zero-order valence-electron chi connectivity index (χ0n) is 13.2. The number of halogens is 1. The predicted molar refractivity (Wildman–Crippen MR) is 97.6 cm³/mol. The van der Waals surface area contributed by atoms with Gasteiger partial charge in [0.2, 0.25) is 0 Å². The second-order valence-corrected chi connectivity index (χ2v) is 6.63. The molecule has 0 bridgehead atoms. The van der Waals surface area contributed by atoms with E-state index >= 15 is 0 Å². The predicted octanol–water partition coefficient (Wildman–Crippen LogP) is 5.25. The maximum Gasteiger partial charge on any atom is 0.265 e. The molecule has 1 amide bonds. The molecule has 0 aliphatic carbocycles. The molecule has 1 atom stereocenters. The van der Waals surface area contributed by atoms with Gasteiger partial charge in [0.05, 0.1) is 5.69 Å². The second-order valence-electron chi connectivity index (χ2n) is 4.89. The molecule has 0 aromatic heterocycles. The third-order valence-electron chi connectivity index (χ3n) is 3.18. The fourth-order valence-corrected chi connectivity index (χ4v) is 3.03. The minimum atomic E-state index is -0.562. The number of nitrogens with one attached hydrogen (secondary N) is 1. The summed E-state index contributed by atoms with van der Waals surface area (Å²) in [5.74, 6) is 1.38. The van der Waals surface area contributed by atoms with Crippen LogP contribution in [-0.2, 0) is 4.79 Å². The molecule has 5 heteroatoms. The van der Waals surface area contributed by atoms with Crippen LogP contribution in [0.5, 0.6) is 5.75 Å². The number of amides is 1. The van der Waals surface area contributed by atoms with Gasteiger partial charge >= 0.3 is 0 Å². The number of carbonyl (C=O) groups is 1. The van der Waals surface area contributed by atoms with E-state index in [1.807, 2.05) is 31.2 Å². The Balaban J connectivity index is 2.08. The summed E-state index contributed by atoms with van der Waals surface area (Å²) >= 11 is 7.65. The van der Waals surface area contributed by atoms with Crippen LogP contribution in [0, 0.1) is 0 Å². The first kappa shape index (κ1) is 17.7. The number of anilines is 1. The van der Waals surface area contributed by atoms with Crippen molar-refractivity contribution in [3.8, 4) is 5.75 Å². The zero-order valence-corrected chi connectivity index (χ0v) is 14.8. The monoisotopic (exact) mass is 349 g/mol. The van der Waals surface area contributed by atoms with Crippen LogP contribution < -0.4 is 10.1 Å². The molecule has 0 fully saturated rings. The summed E-state index contributed by atoms with van der Waals surface area (Å²) in [6, 6.07) is 14.9. The molecule has 1 N–H and O–H groups in total. The van der Waals surface area contributed by atoms with Gasteiger partial charge in [0.1, 0.15) is 5.75 Å². The van der Waals surface area contributed by atoms with Crippen molar-refractivity contribution in [2.24, 2.45) is 0 Å². The Morgan fingerprint density at radius 1 is 1.22 bits per heavy atom. The summed E-state index contributed by atoms with van der Waals surface area (Å²) in [5, 5.41) is 3.55.